The van der Waals surface area contributed by atoms with Crippen LogP contribution < -0.4 is 16.0 Å². The number of nitrogens with zero attached hydrogens (tertiary/aromatic N) is 1. The SMILES string of the molecule is Cc1c(NC(=O)CNc2ccc(NC(=O)c3ccoc3)cc2C(F)(F)F)cccc1[N+](=O)[O-]. The summed E-state index contributed by atoms with van der Waals surface area (Å²) in [5, 5.41) is 18.2. The predicted octanol–water partition coefficient (Wildman–Crippen LogP) is 4.82. The lowest BCUT2D eigenvalue weighted by molar-refractivity contribution is -0.385. The van der Waals surface area contributed by atoms with E-state index in [1.807, 2.05) is 0 Å². The smallest absolute Gasteiger partial charge is 0.418 e. The highest BCUT2D eigenvalue weighted by Gasteiger charge is 2.34. The van der Waals surface area contributed by atoms with E-state index in [0.29, 0.717) is 0 Å². The summed E-state index contributed by atoms with van der Waals surface area (Å²) in [4.78, 5) is 34.7. The van der Waals surface area contributed by atoms with Gasteiger partial charge in [0.1, 0.15) is 6.26 Å². The summed E-state index contributed by atoms with van der Waals surface area (Å²) in [6.07, 6.45) is -2.37. The van der Waals surface area contributed by atoms with E-state index in [0.717, 1.165) is 18.4 Å². The molecule has 0 spiro atoms. The maximum Gasteiger partial charge on any atom is 0.418 e. The van der Waals surface area contributed by atoms with Crippen LogP contribution >= 0.6 is 0 Å². The second-order valence-corrected chi connectivity index (χ2v) is 6.83. The van der Waals surface area contributed by atoms with Gasteiger partial charge in [0.05, 0.1) is 40.1 Å². The molecule has 3 aromatic rings. The van der Waals surface area contributed by atoms with Crippen molar-refractivity contribution in [3.05, 3.63) is 81.8 Å². The molecule has 1 aromatic heterocycles. The number of alkyl halides is 3. The molecule has 33 heavy (non-hydrogen) atoms. The molecule has 0 aliphatic rings. The van der Waals surface area contributed by atoms with E-state index in [1.165, 1.54) is 43.5 Å². The molecule has 1 heterocycles. The lowest BCUT2D eigenvalue weighted by atomic mass is 10.1. The van der Waals surface area contributed by atoms with Gasteiger partial charge < -0.3 is 20.4 Å². The largest absolute Gasteiger partial charge is 0.472 e. The first-order valence-corrected chi connectivity index (χ1v) is 9.39. The van der Waals surface area contributed by atoms with Gasteiger partial charge in [-0.2, -0.15) is 13.2 Å². The third-order valence-corrected chi connectivity index (χ3v) is 4.58. The van der Waals surface area contributed by atoms with Crippen molar-refractivity contribution in [2.45, 2.75) is 13.1 Å². The molecule has 12 heteroatoms. The maximum absolute atomic E-state index is 13.6. The Morgan fingerprint density at radius 2 is 1.85 bits per heavy atom. The molecule has 0 radical (unpaired) electrons. The normalized spacial score (nSPS) is 11.0. The molecule has 0 fully saturated rings. The monoisotopic (exact) mass is 462 g/mol. The molecule has 172 valence electrons. The zero-order valence-electron chi connectivity index (χ0n) is 17.0. The van der Waals surface area contributed by atoms with Gasteiger partial charge in [0, 0.05) is 17.4 Å². The minimum atomic E-state index is -4.77. The molecule has 9 nitrogen and oxygen atoms in total. The van der Waals surface area contributed by atoms with Crippen molar-refractivity contribution >= 4 is 34.6 Å². The molecule has 0 saturated heterocycles. The van der Waals surface area contributed by atoms with E-state index in [9.17, 15) is 32.9 Å². The fourth-order valence-corrected chi connectivity index (χ4v) is 2.93. The molecule has 3 rings (SSSR count). The zero-order chi connectivity index (χ0) is 24.2. The van der Waals surface area contributed by atoms with E-state index in [-0.39, 0.29) is 33.9 Å². The Morgan fingerprint density at radius 1 is 1.09 bits per heavy atom. The molecule has 0 saturated carbocycles. The number of nitro benzene ring substituents is 1. The molecular formula is C21H17F3N4O5. The number of hydrogen-bond acceptors (Lipinski definition) is 6. The minimum absolute atomic E-state index is 0.101. The molecule has 2 amide bonds. The number of furan rings is 1. The molecule has 0 atom stereocenters. The fraction of sp³-hybridized carbons (Fsp3) is 0.143. The van der Waals surface area contributed by atoms with Crippen molar-refractivity contribution in [3.8, 4) is 0 Å². The molecular weight excluding hydrogens is 445 g/mol. The van der Waals surface area contributed by atoms with Gasteiger partial charge >= 0.3 is 6.18 Å². The third kappa shape index (κ3) is 5.67. The van der Waals surface area contributed by atoms with Gasteiger partial charge in [-0.05, 0) is 37.3 Å². The summed E-state index contributed by atoms with van der Waals surface area (Å²) in [7, 11) is 0. The topological polar surface area (TPSA) is 127 Å². The first-order valence-electron chi connectivity index (χ1n) is 9.39. The van der Waals surface area contributed by atoms with Gasteiger partial charge in [-0.25, -0.2) is 0 Å². The van der Waals surface area contributed by atoms with Gasteiger partial charge in [-0.15, -0.1) is 0 Å². The lowest BCUT2D eigenvalue weighted by Crippen LogP contribution is -2.23. The number of nitrogens with one attached hydrogen (secondary N) is 3. The van der Waals surface area contributed by atoms with Crippen molar-refractivity contribution in [2.24, 2.45) is 0 Å². The van der Waals surface area contributed by atoms with Crippen molar-refractivity contribution < 1.29 is 32.1 Å². The Morgan fingerprint density at radius 3 is 2.48 bits per heavy atom. The van der Waals surface area contributed by atoms with Crippen LogP contribution in [0.5, 0.6) is 0 Å². The quantitative estimate of drug-likeness (QED) is 0.341. The van der Waals surface area contributed by atoms with Crippen LogP contribution in [0.1, 0.15) is 21.5 Å². The van der Waals surface area contributed by atoms with Crippen LogP contribution in [0.25, 0.3) is 0 Å². The van der Waals surface area contributed by atoms with E-state index in [4.69, 9.17) is 4.42 Å². The number of nitro groups is 1. The highest BCUT2D eigenvalue weighted by molar-refractivity contribution is 6.04. The average Bonchev–Trinajstić information content (AvgIpc) is 3.28. The molecule has 0 bridgehead atoms. The third-order valence-electron chi connectivity index (χ3n) is 4.58. The molecule has 3 N–H and O–H groups in total. The van der Waals surface area contributed by atoms with Gasteiger partial charge in [0.25, 0.3) is 11.6 Å². The van der Waals surface area contributed by atoms with E-state index in [2.05, 4.69) is 16.0 Å². The van der Waals surface area contributed by atoms with Crippen molar-refractivity contribution in [1.82, 2.24) is 0 Å². The van der Waals surface area contributed by atoms with Crippen molar-refractivity contribution in [1.29, 1.82) is 0 Å². The Bertz CT molecular complexity index is 1190. The lowest BCUT2D eigenvalue weighted by Gasteiger charge is -2.16. The van der Waals surface area contributed by atoms with Crippen LogP contribution in [0.4, 0.5) is 35.9 Å². The minimum Gasteiger partial charge on any atom is -0.472 e. The summed E-state index contributed by atoms with van der Waals surface area (Å²) >= 11 is 0. The fourth-order valence-electron chi connectivity index (χ4n) is 2.93. The molecule has 0 unspecified atom stereocenters. The van der Waals surface area contributed by atoms with Crippen LogP contribution in [-0.2, 0) is 11.0 Å². The Labute approximate surface area is 184 Å². The van der Waals surface area contributed by atoms with Crippen molar-refractivity contribution in [2.75, 3.05) is 22.5 Å². The summed E-state index contributed by atoms with van der Waals surface area (Å²) in [5.74, 6) is -1.35. The summed E-state index contributed by atoms with van der Waals surface area (Å²) in [6, 6.07) is 8.52. The number of anilines is 3. The van der Waals surface area contributed by atoms with Crippen LogP contribution in [-0.4, -0.2) is 23.3 Å². The van der Waals surface area contributed by atoms with Gasteiger partial charge in [-0.3, -0.25) is 19.7 Å². The average molecular weight is 462 g/mol. The number of halogens is 3. The first-order chi connectivity index (χ1) is 15.6. The zero-order valence-corrected chi connectivity index (χ0v) is 17.0. The predicted molar refractivity (Wildman–Crippen MR) is 113 cm³/mol. The number of carbonyl (C=O) groups is 2. The Balaban J connectivity index is 1.72. The van der Waals surface area contributed by atoms with Crippen LogP contribution in [0.3, 0.4) is 0 Å². The Hall–Kier alpha value is -4.35. The number of carbonyl (C=O) groups excluding carboxylic acids is 2. The molecule has 2 aromatic carbocycles. The highest BCUT2D eigenvalue weighted by Crippen LogP contribution is 2.36. The second-order valence-electron chi connectivity index (χ2n) is 6.83. The highest BCUT2D eigenvalue weighted by atomic mass is 19.4. The summed E-state index contributed by atoms with van der Waals surface area (Å²) < 4.78 is 45.4. The van der Waals surface area contributed by atoms with Gasteiger partial charge in [0.2, 0.25) is 5.91 Å². The molecule has 0 aliphatic heterocycles. The number of hydrogen-bond donors (Lipinski definition) is 3. The number of rotatable bonds is 7. The molecule has 0 aliphatic carbocycles. The first kappa shape index (κ1) is 23.3. The van der Waals surface area contributed by atoms with Crippen LogP contribution in [0.15, 0.2) is 59.4 Å². The van der Waals surface area contributed by atoms with Crippen LogP contribution in [0.2, 0.25) is 0 Å². The second kappa shape index (κ2) is 9.42. The number of benzene rings is 2. The van der Waals surface area contributed by atoms with Gasteiger partial charge in [0.15, 0.2) is 0 Å². The van der Waals surface area contributed by atoms with E-state index >= 15 is 0 Å². The summed E-state index contributed by atoms with van der Waals surface area (Å²) in [6.45, 7) is 0.908. The van der Waals surface area contributed by atoms with Crippen LogP contribution in [0, 0.1) is 17.0 Å². The maximum atomic E-state index is 13.6. The standard InChI is InChI=1S/C21H17F3N4O5/c1-12-16(3-2-4-18(12)28(31)32)27-19(29)10-25-17-6-5-14(9-15(17)21(22,23)24)26-20(30)13-7-8-33-11-13/h2-9,11,25H,10H2,1H3,(H,26,30)(H,27,29). The van der Waals surface area contributed by atoms with Gasteiger partial charge in [-0.1, -0.05) is 6.07 Å². The summed E-state index contributed by atoms with van der Waals surface area (Å²) in [5.41, 5.74) is -1.25. The van der Waals surface area contributed by atoms with E-state index < -0.39 is 35.0 Å². The Kier molecular flexibility index (Phi) is 6.66. The van der Waals surface area contributed by atoms with E-state index in [1.54, 1.807) is 0 Å². The number of amides is 2. The van der Waals surface area contributed by atoms with Crippen molar-refractivity contribution in [3.63, 3.8) is 0 Å².